The van der Waals surface area contributed by atoms with Crippen LogP contribution in [0, 0.1) is 0 Å². The molecule has 0 saturated carbocycles. The van der Waals surface area contributed by atoms with Gasteiger partial charge in [-0.05, 0) is 25.3 Å². The minimum Gasteiger partial charge on any atom is -0.390 e. The Hall–Kier alpha value is -0.690. The average Bonchev–Trinajstić information content (AvgIpc) is 2.98. The molecule has 22 heavy (non-hydrogen) atoms. The van der Waals surface area contributed by atoms with Crippen molar-refractivity contribution in [2.24, 2.45) is 0 Å². The zero-order valence-corrected chi connectivity index (χ0v) is 14.2. The van der Waals surface area contributed by atoms with Crippen molar-refractivity contribution >= 4 is 30.4 Å². The van der Waals surface area contributed by atoms with Gasteiger partial charge in [-0.2, -0.15) is 25.3 Å². The molecule has 130 valence electrons. The van der Waals surface area contributed by atoms with Crippen molar-refractivity contribution in [2.45, 2.75) is 19.3 Å². The van der Waals surface area contributed by atoms with Crippen LogP contribution in [0.25, 0.3) is 0 Å². The zero-order chi connectivity index (χ0) is 16.7. The summed E-state index contributed by atoms with van der Waals surface area (Å²) in [5.74, 6) is 0.424. The van der Waals surface area contributed by atoms with Gasteiger partial charge in [-0.15, -0.1) is 0 Å². The Morgan fingerprint density at radius 2 is 1.23 bits per heavy atom. The molecule has 2 saturated heterocycles. The van der Waals surface area contributed by atoms with E-state index in [2.05, 4.69) is 12.5 Å². The molecule has 0 amide bonds. The fraction of sp³-hybridized carbons (Fsp3) is 0.800. The van der Waals surface area contributed by atoms with Crippen molar-refractivity contribution < 1.29 is 37.8 Å². The van der Waals surface area contributed by atoms with Crippen LogP contribution in [0.4, 0.5) is 0 Å². The molecule has 0 aromatic heterocycles. The predicted octanol–water partition coefficient (Wildman–Crippen LogP) is -0.277. The van der Waals surface area contributed by atoms with Crippen LogP contribution in [0.2, 0.25) is 0 Å². The lowest BCUT2D eigenvalue weighted by Gasteiger charge is -2.09. The van der Waals surface area contributed by atoms with Crippen molar-refractivity contribution in [1.29, 1.82) is 0 Å². The second-order valence-electron chi connectivity index (χ2n) is 4.42. The van der Waals surface area contributed by atoms with Gasteiger partial charge in [0.05, 0.1) is 24.7 Å². The van der Waals surface area contributed by atoms with E-state index in [0.29, 0.717) is 19.6 Å². The average molecular weight is 378 g/mol. The maximum Gasteiger partial charge on any atom is 0.312 e. The maximum atomic E-state index is 10.4. The highest BCUT2D eigenvalue weighted by Gasteiger charge is 2.17. The lowest BCUT2D eigenvalue weighted by molar-refractivity contribution is 0.292. The molecule has 0 spiro atoms. The van der Waals surface area contributed by atoms with E-state index >= 15 is 0 Å². The monoisotopic (exact) mass is 378 g/mol. The van der Waals surface area contributed by atoms with Gasteiger partial charge in [0.2, 0.25) is 0 Å². The molecule has 0 unspecified atom stereocenters. The first-order valence-electron chi connectivity index (χ1n) is 6.42. The summed E-state index contributed by atoms with van der Waals surface area (Å²) in [5, 5.41) is 0. The SMILES string of the molecule is O=S1(=O)CC=CO1.O=S1(=O)CCCCO1.O=S1(=O)CCCO1. The second-order valence-corrected chi connectivity index (χ2v) is 9.58. The molecule has 0 N–H and O–H groups in total. The van der Waals surface area contributed by atoms with Gasteiger partial charge < -0.3 is 4.18 Å². The fourth-order valence-corrected chi connectivity index (χ4v) is 4.08. The lowest BCUT2D eigenvalue weighted by atomic mass is 10.4. The van der Waals surface area contributed by atoms with E-state index in [1.54, 1.807) is 0 Å². The van der Waals surface area contributed by atoms with Crippen LogP contribution in [0.1, 0.15) is 19.3 Å². The summed E-state index contributed by atoms with van der Waals surface area (Å²) in [6.07, 6.45) is 4.91. The first-order chi connectivity index (χ1) is 10.1. The lowest BCUT2D eigenvalue weighted by Crippen LogP contribution is -2.17. The highest BCUT2D eigenvalue weighted by atomic mass is 32.2. The van der Waals surface area contributed by atoms with Crippen molar-refractivity contribution in [3.05, 3.63) is 12.3 Å². The molecule has 3 rings (SSSR count). The van der Waals surface area contributed by atoms with Crippen LogP contribution in [0.5, 0.6) is 0 Å². The van der Waals surface area contributed by atoms with E-state index in [4.69, 9.17) is 0 Å². The van der Waals surface area contributed by atoms with Gasteiger partial charge in [-0.1, -0.05) is 0 Å². The van der Waals surface area contributed by atoms with Crippen LogP contribution in [0.15, 0.2) is 12.3 Å². The summed E-state index contributed by atoms with van der Waals surface area (Å²) in [6, 6.07) is 0. The number of hydrogen-bond donors (Lipinski definition) is 0. The molecule has 0 atom stereocenters. The third-order valence-corrected chi connectivity index (χ3v) is 6.09. The smallest absolute Gasteiger partial charge is 0.312 e. The molecular formula is C10H18O9S3. The Bertz CT molecular complexity index is 623. The van der Waals surface area contributed by atoms with E-state index in [9.17, 15) is 25.3 Å². The van der Waals surface area contributed by atoms with E-state index in [-0.39, 0.29) is 17.3 Å². The maximum absolute atomic E-state index is 10.4. The van der Waals surface area contributed by atoms with Crippen LogP contribution >= 0.6 is 0 Å². The van der Waals surface area contributed by atoms with E-state index < -0.39 is 30.4 Å². The highest BCUT2D eigenvalue weighted by molar-refractivity contribution is 7.87. The van der Waals surface area contributed by atoms with E-state index in [1.807, 2.05) is 0 Å². The van der Waals surface area contributed by atoms with Crippen molar-refractivity contribution in [1.82, 2.24) is 0 Å². The molecule has 0 aromatic carbocycles. The zero-order valence-electron chi connectivity index (χ0n) is 11.7. The molecule has 3 heterocycles. The summed E-state index contributed by atoms with van der Waals surface area (Å²) < 4.78 is 74.4. The van der Waals surface area contributed by atoms with Gasteiger partial charge in [0.25, 0.3) is 20.2 Å². The first-order valence-corrected chi connectivity index (χ1v) is 11.2. The predicted molar refractivity (Wildman–Crippen MR) is 77.3 cm³/mol. The third kappa shape index (κ3) is 8.68. The Balaban J connectivity index is 0.000000166. The van der Waals surface area contributed by atoms with Gasteiger partial charge in [0.15, 0.2) is 0 Å². The Morgan fingerprint density at radius 1 is 0.682 bits per heavy atom. The van der Waals surface area contributed by atoms with Crippen LogP contribution < -0.4 is 0 Å². The quantitative estimate of drug-likeness (QED) is 0.522. The van der Waals surface area contributed by atoms with Crippen molar-refractivity contribution in [3.8, 4) is 0 Å². The molecule has 0 aliphatic carbocycles. The number of rotatable bonds is 0. The first kappa shape index (κ1) is 19.4. The largest absolute Gasteiger partial charge is 0.390 e. The summed E-state index contributed by atoms with van der Waals surface area (Å²) in [5.41, 5.74) is 0. The summed E-state index contributed by atoms with van der Waals surface area (Å²) >= 11 is 0. The van der Waals surface area contributed by atoms with Gasteiger partial charge in [0, 0.05) is 0 Å². The molecule has 2 fully saturated rings. The van der Waals surface area contributed by atoms with Gasteiger partial charge in [-0.25, -0.2) is 0 Å². The topological polar surface area (TPSA) is 130 Å². The number of hydrogen-bond acceptors (Lipinski definition) is 9. The van der Waals surface area contributed by atoms with E-state index in [0.717, 1.165) is 12.8 Å². The minimum absolute atomic E-state index is 0.0208. The summed E-state index contributed by atoms with van der Waals surface area (Å²) in [7, 11) is -9.29. The highest BCUT2D eigenvalue weighted by Crippen LogP contribution is 2.06. The molecule has 3 aliphatic heterocycles. The van der Waals surface area contributed by atoms with Gasteiger partial charge in [-0.3, -0.25) is 8.37 Å². The standard InChI is InChI=1S/C4H8O3S.C3H6O3S.C3H4O3S/c5-8(6)4-2-1-3-7-8;2*4-7(5)3-1-2-6-7/h1-4H2;1-3H2;1-2H,3H2. The summed E-state index contributed by atoms with van der Waals surface area (Å²) in [6.45, 7) is 0.755. The molecule has 0 radical (unpaired) electrons. The van der Waals surface area contributed by atoms with Crippen molar-refractivity contribution in [2.75, 3.05) is 30.5 Å². The summed E-state index contributed by atoms with van der Waals surface area (Å²) in [4.78, 5) is 0. The van der Waals surface area contributed by atoms with Crippen LogP contribution in [-0.4, -0.2) is 55.7 Å². The fourth-order valence-electron chi connectivity index (χ4n) is 1.43. The third-order valence-electron chi connectivity index (χ3n) is 2.45. The molecular weight excluding hydrogens is 360 g/mol. The van der Waals surface area contributed by atoms with Crippen molar-refractivity contribution in [3.63, 3.8) is 0 Å². The second kappa shape index (κ2) is 8.24. The molecule has 9 nitrogen and oxygen atoms in total. The van der Waals surface area contributed by atoms with Gasteiger partial charge >= 0.3 is 10.1 Å². The molecule has 0 bridgehead atoms. The minimum atomic E-state index is -3.16. The Morgan fingerprint density at radius 3 is 1.41 bits per heavy atom. The normalized spacial score (nSPS) is 26.7. The van der Waals surface area contributed by atoms with E-state index in [1.165, 1.54) is 12.3 Å². The molecule has 12 heteroatoms. The Kier molecular flexibility index (Phi) is 7.25. The van der Waals surface area contributed by atoms with Crippen LogP contribution in [-0.2, 0) is 42.9 Å². The molecule has 0 aromatic rings. The molecule has 3 aliphatic rings. The van der Waals surface area contributed by atoms with Crippen LogP contribution in [0.3, 0.4) is 0 Å². The van der Waals surface area contributed by atoms with Gasteiger partial charge in [0.1, 0.15) is 12.0 Å². The Labute approximate surface area is 130 Å².